The summed E-state index contributed by atoms with van der Waals surface area (Å²) >= 11 is 36.9. The van der Waals surface area contributed by atoms with Crippen LogP contribution in [0.1, 0.15) is 118 Å². The zero-order chi connectivity index (χ0) is 95.9. The van der Waals surface area contributed by atoms with Gasteiger partial charge < -0.3 is 68.3 Å². The Bertz CT molecular complexity index is 5190. The Morgan fingerprint density at radius 1 is 0.446 bits per heavy atom. The number of nitrogens with zero attached hydrogens (tertiary/aromatic N) is 2. The largest absolute Gasteiger partial charge is 1.00 e. The number of benzene rings is 8. The van der Waals surface area contributed by atoms with E-state index in [9.17, 15) is 86.6 Å². The van der Waals surface area contributed by atoms with Crippen LogP contribution < -0.4 is 190 Å². The van der Waals surface area contributed by atoms with Gasteiger partial charge in [-0.25, -0.2) is 0 Å². The summed E-state index contributed by atoms with van der Waals surface area (Å²) in [4.78, 5) is 87.8. The molecule has 10 aromatic rings. The number of pyridine rings is 2. The molecule has 22 nitrogen and oxygen atoms in total. The number of phenols is 1. The monoisotopic (exact) mass is 2350 g/mol. The number of ether oxygens (including phenoxy) is 3. The summed E-state index contributed by atoms with van der Waals surface area (Å²) in [5.74, 6) is 0.393. The van der Waals surface area contributed by atoms with Crippen molar-refractivity contribution in [2.45, 2.75) is 102 Å². The molecule has 0 aliphatic carbocycles. The first-order valence-electron chi connectivity index (χ1n) is 37.0. The number of carbonyl (C=O) groups excluding carboxylic acids is 6. The molecule has 45 heteroatoms. The number of aliphatic carboxylic acids is 1. The molecule has 0 spiro atoms. The maximum atomic E-state index is 12.9. The molecule has 5 amide bonds. The van der Waals surface area contributed by atoms with Gasteiger partial charge in [0.1, 0.15) is 40.1 Å². The Kier molecular flexibility index (Phi) is 59.6. The Hall–Kier alpha value is -6.47. The molecular formula is C85H81BBr3Cl5Cs2F12N8O14. The number of methoxy groups -OCH3 is 2. The fourth-order valence-corrected chi connectivity index (χ4v) is 11.2. The average Bonchev–Trinajstić information content (AvgIpc) is 0.836. The van der Waals surface area contributed by atoms with E-state index < -0.39 is 68.0 Å². The minimum Gasteiger partial charge on any atom is -1.00 e. The van der Waals surface area contributed by atoms with Crippen LogP contribution in [0.5, 0.6) is 28.7 Å². The van der Waals surface area contributed by atoms with E-state index in [1.165, 1.54) is 55.8 Å². The van der Waals surface area contributed by atoms with Crippen molar-refractivity contribution in [3.63, 3.8) is 0 Å². The van der Waals surface area contributed by atoms with E-state index in [1.54, 1.807) is 69.8 Å². The second kappa shape index (κ2) is 63.7. The van der Waals surface area contributed by atoms with Crippen LogP contribution in [0.25, 0.3) is 0 Å². The minimum atomic E-state index is -4.60. The molecular weight excluding hydrogens is 2280 g/mol. The van der Waals surface area contributed by atoms with Crippen LogP contribution in [0.4, 0.5) is 75.4 Å². The van der Waals surface area contributed by atoms with Crippen LogP contribution in [0.15, 0.2) is 207 Å². The summed E-state index contributed by atoms with van der Waals surface area (Å²) in [6, 6.07) is 48.4. The van der Waals surface area contributed by atoms with Gasteiger partial charge in [0, 0.05) is 86.0 Å². The van der Waals surface area contributed by atoms with Crippen LogP contribution in [0.2, 0.25) is 25.1 Å². The van der Waals surface area contributed by atoms with Crippen molar-refractivity contribution in [3.8, 4) is 28.7 Å². The first kappa shape index (κ1) is 122. The van der Waals surface area contributed by atoms with Crippen molar-refractivity contribution >= 4 is 173 Å². The van der Waals surface area contributed by atoms with E-state index >= 15 is 0 Å². The van der Waals surface area contributed by atoms with Gasteiger partial charge in [-0.05, 0) is 213 Å². The standard InChI is InChI=1S/C24H21ClF3N3O3.C18H17ClF3NO2.C17H15ClF3NO2.C11H14O3.C7H5ClF3N.C7H7ClN2O.CH2O3.BBr3.2Cs.H/c1-29-23(33)21-14-18(11-12-30-21)34-17-8-5-15(6-9-17)3-2-4-22(32)31-16-7-10-20(25)19(13-16)24(26,27)28;1-25-14-8-5-12(6-9-14)3-2-4-17(24)23-13-7-10-16(19)15(11-13)18(20,21)22;18-15-9-6-12(10-14(15)17(19,20)21)22-16(24)3-1-2-11-4-7-13(23)8-5-11;1-14-10-7-5-9(6-8-10)3-2-4-11(12)13;8-6-2-1-4(12)3-5(6)7(9,10)11;1-9-7(11)6-4-5(8)2-3-10-6;2-1-4-3;2-1(3)4;;;/h5-14H,2-4H2,1H3,(H,29,33)(H,31,32);5-11H,2-4H2,1H3,(H,23,24);4-10,23H,1-3H2,(H,22,24);5-8H,2-4H2,1H3,(H,12,13);1-3H,12H2;2-4H,1H3,(H,9,11);1,3H;;;;/q;;;;;;;;2*+1;-1/p-1. The van der Waals surface area contributed by atoms with E-state index in [4.69, 9.17) is 93.1 Å². The number of amides is 5. The fraction of sp³-hybridized carbons (Fsp3) is 0.235. The number of halogens is 20. The summed E-state index contributed by atoms with van der Waals surface area (Å²) in [6.45, 7) is -0.181. The normalized spacial score (nSPS) is 10.4. The smallest absolute Gasteiger partial charge is 1.00 e. The van der Waals surface area contributed by atoms with E-state index in [0.717, 1.165) is 88.7 Å². The zero-order valence-corrected chi connectivity index (χ0v) is 90.7. The van der Waals surface area contributed by atoms with Crippen molar-refractivity contribution in [2.75, 3.05) is 50.0 Å². The van der Waals surface area contributed by atoms with Gasteiger partial charge in [0.05, 0.1) is 56.6 Å². The molecule has 0 radical (unpaired) electrons. The summed E-state index contributed by atoms with van der Waals surface area (Å²) in [6.07, 6.45) is -9.44. The Morgan fingerprint density at radius 2 is 0.738 bits per heavy atom. The number of carbonyl (C=O) groups is 7. The number of aryl methyl sites for hydroxylation is 4. The Morgan fingerprint density at radius 3 is 1.03 bits per heavy atom. The number of aromatic nitrogens is 2. The van der Waals surface area contributed by atoms with Crippen molar-refractivity contribution in [2.24, 2.45) is 0 Å². The number of carboxylic acids is 1. The summed E-state index contributed by atoms with van der Waals surface area (Å²) < 4.78 is 168. The van der Waals surface area contributed by atoms with Gasteiger partial charge in [0.15, 0.2) is 0 Å². The van der Waals surface area contributed by atoms with Gasteiger partial charge in [0.25, 0.3) is 18.3 Å². The molecule has 0 unspecified atom stereocenters. The quantitative estimate of drug-likeness (QED) is 0.00623. The van der Waals surface area contributed by atoms with E-state index in [-0.39, 0.29) is 243 Å². The summed E-state index contributed by atoms with van der Waals surface area (Å²) in [7, 11) is 6.27. The minimum absolute atomic E-state index is 0. The molecule has 10 rings (SSSR count). The average molecular weight is 2360 g/mol. The van der Waals surface area contributed by atoms with Gasteiger partial charge in [0.2, 0.25) is 17.7 Å². The molecule has 0 saturated carbocycles. The van der Waals surface area contributed by atoms with Crippen molar-refractivity contribution in [3.05, 3.63) is 288 Å². The van der Waals surface area contributed by atoms with Crippen LogP contribution in [0, 0.1) is 0 Å². The van der Waals surface area contributed by atoms with Crippen LogP contribution >= 0.6 is 105 Å². The van der Waals surface area contributed by atoms with Crippen molar-refractivity contribution < 1.29 is 260 Å². The number of anilines is 4. The van der Waals surface area contributed by atoms with Crippen LogP contribution in [-0.2, 0) is 79.2 Å². The molecule has 130 heavy (non-hydrogen) atoms. The zero-order valence-electron chi connectivity index (χ0n) is 70.6. The maximum absolute atomic E-state index is 12.9. The Balaban J connectivity index is 0.00000157. The number of hydrogen-bond acceptors (Lipinski definition) is 16. The summed E-state index contributed by atoms with van der Waals surface area (Å²) in [5.41, 5.74) is 6.25. The van der Waals surface area contributed by atoms with Crippen molar-refractivity contribution in [1.29, 1.82) is 0 Å². The molecule has 0 bridgehead atoms. The number of hydrogen-bond donors (Lipinski definition) is 8. The number of carboxylic acid groups (broad SMARTS) is 1. The van der Waals surface area contributed by atoms with Gasteiger partial charge in [-0.15, -0.1) is 47.3 Å². The number of phenolic OH excluding ortho intramolecular Hbond substituents is 1. The second-order valence-electron chi connectivity index (χ2n) is 25.7. The van der Waals surface area contributed by atoms with Crippen LogP contribution in [0.3, 0.4) is 0 Å². The molecule has 0 aliphatic heterocycles. The molecule has 9 N–H and O–H groups in total. The topological polar surface area (TPSA) is 332 Å². The third-order valence-electron chi connectivity index (χ3n) is 16.3. The Labute approximate surface area is 909 Å². The number of nitrogens with one attached hydrogen (secondary N) is 5. The van der Waals surface area contributed by atoms with E-state index in [0.29, 0.717) is 67.2 Å². The number of rotatable bonds is 26. The second-order valence-corrected chi connectivity index (χ2v) is 34.2. The maximum Gasteiger partial charge on any atom is 1.00 e. The van der Waals surface area contributed by atoms with Crippen molar-refractivity contribution in [1.82, 2.24) is 20.6 Å². The number of nitrogen functional groups attached to an aromatic ring is 1. The SMILES string of the molecule is BrB(Br)Br.CNC(=O)c1cc(Cl)ccn1.CNC(=O)c1cc(Oc2ccc(CCCC(=O)Nc3ccc(Cl)c(C(F)(F)F)c3)cc2)ccn1.COc1ccc(CCCC(=O)Nc2ccc(Cl)c(C(F)(F)F)c2)cc1.COc1ccc(CCCC(=O)O)cc1.Nc1ccc(Cl)c(C(F)(F)F)c1.O=C(CCCc1ccc(O)cc1)Nc1ccc(Cl)c(C(F)(F)F)c1.O=CO[O-].[Cs+].[Cs+].[H-]. The molecule has 0 atom stereocenters. The molecule has 690 valence electrons. The first-order chi connectivity index (χ1) is 60.2. The van der Waals surface area contributed by atoms with Crippen LogP contribution in [-0.4, -0.2) is 93.7 Å². The molecule has 0 fully saturated rings. The molecule has 0 saturated heterocycles. The number of aromatic hydroxyl groups is 1. The molecule has 2 aromatic heterocycles. The number of alkyl halides is 12. The van der Waals surface area contributed by atoms with E-state index in [2.05, 4.69) is 88.7 Å². The molecule has 2 heterocycles. The summed E-state index contributed by atoms with van der Waals surface area (Å²) in [5, 5.41) is 37.3. The molecule has 0 aliphatic rings. The molecule has 8 aromatic carbocycles. The predicted molar refractivity (Wildman–Crippen MR) is 477 cm³/mol. The first-order valence-corrected chi connectivity index (χ1v) is 41.7. The van der Waals surface area contributed by atoms with Gasteiger partial charge in [-0.1, -0.05) is 107 Å². The fourth-order valence-electron chi connectivity index (χ4n) is 10.2. The van der Waals surface area contributed by atoms with Gasteiger partial charge >= 0.3 is 172 Å². The number of nitrogens with two attached hydrogens (primary N) is 1. The van der Waals surface area contributed by atoms with E-state index in [1.807, 2.05) is 60.7 Å². The predicted octanol–water partition coefficient (Wildman–Crippen LogP) is 17.1. The third kappa shape index (κ3) is 50.7. The van der Waals surface area contributed by atoms with Gasteiger partial charge in [-0.2, -0.15) is 52.7 Å². The van der Waals surface area contributed by atoms with Gasteiger partial charge in [-0.3, -0.25) is 43.5 Å². The third-order valence-corrected chi connectivity index (χ3v) is 17.8.